The molecule has 8 heteroatoms. The Hall–Kier alpha value is -3.41. The fraction of sp³-hybridized carbons (Fsp3) is 0.346. The van der Waals surface area contributed by atoms with E-state index in [2.05, 4.69) is 28.1 Å². The van der Waals surface area contributed by atoms with Crippen LogP contribution in [0.15, 0.2) is 46.0 Å². The number of H-pyrrole nitrogens is 1. The van der Waals surface area contributed by atoms with Crippen LogP contribution in [0.5, 0.6) is 5.75 Å². The van der Waals surface area contributed by atoms with Gasteiger partial charge in [-0.2, -0.15) is 5.26 Å². The zero-order valence-electron chi connectivity index (χ0n) is 18.8. The van der Waals surface area contributed by atoms with Gasteiger partial charge in [0.15, 0.2) is 0 Å². The lowest BCUT2D eigenvalue weighted by molar-refractivity contribution is 0.303. The number of ether oxygens (including phenoxy) is 1. The van der Waals surface area contributed by atoms with Crippen LogP contribution in [0.1, 0.15) is 29.0 Å². The molecule has 1 saturated heterocycles. The van der Waals surface area contributed by atoms with Crippen molar-refractivity contribution < 1.29 is 4.74 Å². The second kappa shape index (κ2) is 8.12. The van der Waals surface area contributed by atoms with E-state index >= 15 is 0 Å². The molecule has 0 unspecified atom stereocenters. The maximum absolute atomic E-state index is 13.2. The largest absolute Gasteiger partial charge is 0.496 e. The molecule has 2 aromatic carbocycles. The van der Waals surface area contributed by atoms with Gasteiger partial charge in [0.1, 0.15) is 10.4 Å². The average Bonchev–Trinajstić information content (AvgIpc) is 3.44. The van der Waals surface area contributed by atoms with Crippen LogP contribution in [0.3, 0.4) is 0 Å². The van der Waals surface area contributed by atoms with Crippen molar-refractivity contribution in [2.24, 2.45) is 5.92 Å². The van der Waals surface area contributed by atoms with Gasteiger partial charge in [-0.25, -0.2) is 4.79 Å². The van der Waals surface area contributed by atoms with E-state index < -0.39 is 0 Å². The minimum absolute atomic E-state index is 0.259. The Morgan fingerprint density at radius 2 is 2.09 bits per heavy atom. The number of nitrogens with zero attached hydrogens (tertiary/aromatic N) is 3. The number of methoxy groups -OCH3 is 1. The molecule has 2 atom stereocenters. The van der Waals surface area contributed by atoms with E-state index in [4.69, 9.17) is 10.00 Å². The van der Waals surface area contributed by atoms with Crippen molar-refractivity contribution in [3.05, 3.63) is 73.9 Å². The number of hydrogen-bond acceptors (Lipinski definition) is 6. The number of nitriles is 1. The summed E-state index contributed by atoms with van der Waals surface area (Å²) in [5, 5.41) is 9.97. The number of hydrogen-bond donors (Lipinski definition) is 1. The Morgan fingerprint density at radius 3 is 2.91 bits per heavy atom. The van der Waals surface area contributed by atoms with Gasteiger partial charge in [0.25, 0.3) is 5.56 Å². The predicted molar refractivity (Wildman–Crippen MR) is 133 cm³/mol. The molecule has 3 heterocycles. The summed E-state index contributed by atoms with van der Waals surface area (Å²) in [5.74, 6) is 2.04. The minimum atomic E-state index is -0.381. The van der Waals surface area contributed by atoms with Crippen LogP contribution in [0, 0.1) is 17.2 Å². The molecule has 34 heavy (non-hydrogen) atoms. The highest BCUT2D eigenvalue weighted by atomic mass is 32.1. The van der Waals surface area contributed by atoms with Gasteiger partial charge in [-0.3, -0.25) is 9.36 Å². The Bertz CT molecular complexity index is 1590. The zero-order valence-corrected chi connectivity index (χ0v) is 19.7. The smallest absolute Gasteiger partial charge is 0.328 e. The van der Waals surface area contributed by atoms with Crippen molar-refractivity contribution in [3.63, 3.8) is 0 Å². The van der Waals surface area contributed by atoms with Gasteiger partial charge < -0.3 is 14.6 Å². The first kappa shape index (κ1) is 21.1. The number of fused-ring (bicyclic) bond motifs is 6. The first-order valence-electron chi connectivity index (χ1n) is 11.5. The van der Waals surface area contributed by atoms with E-state index in [0.29, 0.717) is 40.7 Å². The second-order valence-corrected chi connectivity index (χ2v) is 10.3. The molecule has 1 aliphatic carbocycles. The highest BCUT2D eigenvalue weighted by molar-refractivity contribution is 7.25. The monoisotopic (exact) mass is 472 g/mol. The fourth-order valence-corrected chi connectivity index (χ4v) is 6.93. The van der Waals surface area contributed by atoms with Crippen molar-refractivity contribution in [2.75, 3.05) is 26.7 Å². The quantitative estimate of drug-likeness (QED) is 0.491. The van der Waals surface area contributed by atoms with Gasteiger partial charge in [0.2, 0.25) is 0 Å². The van der Waals surface area contributed by atoms with Crippen molar-refractivity contribution in [1.29, 1.82) is 5.26 Å². The summed E-state index contributed by atoms with van der Waals surface area (Å²) in [7, 11) is 1.73. The summed E-state index contributed by atoms with van der Waals surface area (Å²) >= 11 is 1.33. The number of likely N-dealkylation sites (tertiary alicyclic amines) is 1. The number of rotatable bonds is 4. The third-order valence-corrected chi connectivity index (χ3v) is 8.59. The van der Waals surface area contributed by atoms with E-state index in [0.717, 1.165) is 41.8 Å². The summed E-state index contributed by atoms with van der Waals surface area (Å²) in [5.41, 5.74) is 3.18. The minimum Gasteiger partial charge on any atom is -0.496 e. The molecule has 0 spiro atoms. The van der Waals surface area contributed by atoms with Crippen LogP contribution in [-0.4, -0.2) is 41.2 Å². The lowest BCUT2D eigenvalue weighted by atomic mass is 9.77. The van der Waals surface area contributed by atoms with E-state index in [9.17, 15) is 9.59 Å². The molecule has 1 fully saturated rings. The summed E-state index contributed by atoms with van der Waals surface area (Å²) in [6.45, 7) is 2.92. The van der Waals surface area contributed by atoms with Crippen molar-refractivity contribution in [2.45, 2.75) is 25.3 Å². The van der Waals surface area contributed by atoms with Crippen LogP contribution >= 0.6 is 11.3 Å². The topological polar surface area (TPSA) is 91.1 Å². The molecule has 0 bridgehead atoms. The molecule has 2 aliphatic rings. The standard InChI is InChI=1S/C26H24N4O3S/c1-33-21-4-2-3-17-18(21)8-6-16-13-29(14-20(16)17)9-10-30-25(31)24-23(28-26(30)32)19-7-5-15(12-27)11-22(19)34-24/h2-5,7,11,16,20H,6,8-10,13-14H2,1H3,(H,28,32)/t16-,20+/m0/s1. The average molecular weight is 473 g/mol. The Morgan fingerprint density at radius 1 is 1.21 bits per heavy atom. The lowest BCUT2D eigenvalue weighted by Gasteiger charge is -2.28. The first-order valence-corrected chi connectivity index (χ1v) is 12.4. The number of thiophene rings is 1. The maximum Gasteiger partial charge on any atom is 0.328 e. The number of aromatic nitrogens is 2. The summed E-state index contributed by atoms with van der Waals surface area (Å²) in [4.78, 5) is 31.3. The molecule has 2 aromatic heterocycles. The molecule has 7 nitrogen and oxygen atoms in total. The van der Waals surface area contributed by atoms with Crippen molar-refractivity contribution in [1.82, 2.24) is 14.5 Å². The first-order chi connectivity index (χ1) is 16.6. The summed E-state index contributed by atoms with van der Waals surface area (Å²) in [6, 6.07) is 13.7. The highest BCUT2D eigenvalue weighted by Crippen LogP contribution is 2.44. The van der Waals surface area contributed by atoms with Crippen LogP contribution < -0.4 is 16.0 Å². The molecule has 0 amide bonds. The van der Waals surface area contributed by atoms with Crippen LogP contribution in [0.25, 0.3) is 20.3 Å². The molecular formula is C26H24N4O3S. The number of nitrogens with one attached hydrogen (secondary N) is 1. The van der Waals surface area contributed by atoms with Crippen LogP contribution in [0.4, 0.5) is 0 Å². The molecule has 6 rings (SSSR count). The number of aromatic amines is 1. The summed E-state index contributed by atoms with van der Waals surface area (Å²) < 4.78 is 8.27. The Balaban J connectivity index is 1.26. The van der Waals surface area contributed by atoms with Gasteiger partial charge in [0.05, 0.1) is 24.3 Å². The fourth-order valence-electron chi connectivity index (χ4n) is 5.78. The van der Waals surface area contributed by atoms with Gasteiger partial charge in [-0.05, 0) is 48.1 Å². The Labute approximate surface area is 199 Å². The van der Waals surface area contributed by atoms with Crippen molar-refractivity contribution >= 4 is 31.6 Å². The van der Waals surface area contributed by atoms with E-state index in [-0.39, 0.29) is 11.2 Å². The molecule has 1 aliphatic heterocycles. The maximum atomic E-state index is 13.2. The van der Waals surface area contributed by atoms with E-state index in [1.807, 2.05) is 6.07 Å². The normalized spacial score (nSPS) is 19.8. The van der Waals surface area contributed by atoms with Gasteiger partial charge in [-0.1, -0.05) is 18.2 Å². The predicted octanol–water partition coefficient (Wildman–Crippen LogP) is 3.45. The van der Waals surface area contributed by atoms with Crippen LogP contribution in [0.2, 0.25) is 0 Å². The molecule has 0 radical (unpaired) electrons. The van der Waals surface area contributed by atoms with E-state index in [1.165, 1.54) is 27.0 Å². The lowest BCUT2D eigenvalue weighted by Crippen LogP contribution is -2.38. The highest BCUT2D eigenvalue weighted by Gasteiger charge is 2.38. The third-order valence-electron chi connectivity index (χ3n) is 7.45. The van der Waals surface area contributed by atoms with Crippen LogP contribution in [-0.2, 0) is 13.0 Å². The molecule has 4 aromatic rings. The van der Waals surface area contributed by atoms with Gasteiger partial charge in [-0.15, -0.1) is 11.3 Å². The molecule has 172 valence electrons. The van der Waals surface area contributed by atoms with E-state index in [1.54, 1.807) is 25.3 Å². The van der Waals surface area contributed by atoms with Gasteiger partial charge >= 0.3 is 5.69 Å². The molecular weight excluding hydrogens is 448 g/mol. The third kappa shape index (κ3) is 3.27. The van der Waals surface area contributed by atoms with Gasteiger partial charge in [0, 0.05) is 42.2 Å². The summed E-state index contributed by atoms with van der Waals surface area (Å²) in [6.07, 6.45) is 2.16. The Kier molecular flexibility index (Phi) is 5.05. The second-order valence-electron chi connectivity index (χ2n) is 9.21. The van der Waals surface area contributed by atoms with Crippen molar-refractivity contribution in [3.8, 4) is 11.8 Å². The number of benzene rings is 2. The molecule has 0 saturated carbocycles. The molecule has 1 N–H and O–H groups in total. The zero-order chi connectivity index (χ0) is 23.4. The SMILES string of the molecule is COc1cccc2c1CC[C@H]1CN(CCn3c(=O)[nH]c4c(sc5cc(C#N)ccc54)c3=O)C[C@@H]21.